The van der Waals surface area contributed by atoms with E-state index in [1.54, 1.807) is 6.20 Å². The summed E-state index contributed by atoms with van der Waals surface area (Å²) in [6.45, 7) is 5.95. The highest BCUT2D eigenvalue weighted by Crippen LogP contribution is 2.21. The molecule has 0 radical (unpaired) electrons. The number of nitrogens with zero attached hydrogens (tertiary/aromatic N) is 5. The van der Waals surface area contributed by atoms with Gasteiger partial charge in [0.1, 0.15) is 0 Å². The molecule has 3 aromatic heterocycles. The fourth-order valence-corrected chi connectivity index (χ4v) is 3.11. The van der Waals surface area contributed by atoms with E-state index in [0.29, 0.717) is 18.5 Å². The minimum absolute atomic E-state index is 0.0448. The van der Waals surface area contributed by atoms with Crippen LogP contribution in [0.3, 0.4) is 0 Å². The molecule has 7 nitrogen and oxygen atoms in total. The Kier molecular flexibility index (Phi) is 4.88. The summed E-state index contributed by atoms with van der Waals surface area (Å²) in [5.74, 6) is 0.694. The van der Waals surface area contributed by atoms with Gasteiger partial charge in [0.2, 0.25) is 5.91 Å². The topological polar surface area (TPSA) is 75.4 Å². The number of rotatable bonds is 5. The number of fused-ring (bicyclic) bond motifs is 1. The predicted octanol–water partition coefficient (Wildman–Crippen LogP) is 2.69. The van der Waals surface area contributed by atoms with Gasteiger partial charge in [0.15, 0.2) is 11.5 Å². The molecule has 0 bridgehead atoms. The molecule has 7 heteroatoms. The predicted molar refractivity (Wildman–Crippen MR) is 103 cm³/mol. The normalized spacial score (nSPS) is 11.0. The average Bonchev–Trinajstić information content (AvgIpc) is 2.95. The Morgan fingerprint density at radius 2 is 2.04 bits per heavy atom. The molecule has 136 valence electrons. The molecule has 3 aromatic rings. The zero-order valence-corrected chi connectivity index (χ0v) is 15.9. The lowest BCUT2D eigenvalue weighted by molar-refractivity contribution is -0.116. The average molecular weight is 352 g/mol. The Labute approximate surface area is 153 Å². The van der Waals surface area contributed by atoms with Crippen molar-refractivity contribution in [1.82, 2.24) is 19.6 Å². The lowest BCUT2D eigenvalue weighted by Crippen LogP contribution is -2.18. The van der Waals surface area contributed by atoms with E-state index < -0.39 is 0 Å². The monoisotopic (exact) mass is 352 g/mol. The van der Waals surface area contributed by atoms with Crippen LogP contribution in [0.2, 0.25) is 0 Å². The van der Waals surface area contributed by atoms with Gasteiger partial charge in [-0.2, -0.15) is 5.10 Å². The molecule has 0 aliphatic rings. The first-order valence-corrected chi connectivity index (χ1v) is 8.61. The number of nitrogens with one attached hydrogen (secondary N) is 1. The first-order valence-electron chi connectivity index (χ1n) is 8.61. The van der Waals surface area contributed by atoms with E-state index in [1.165, 1.54) is 0 Å². The molecule has 0 aliphatic heterocycles. The number of pyridine rings is 1. The van der Waals surface area contributed by atoms with E-state index in [-0.39, 0.29) is 5.91 Å². The third kappa shape index (κ3) is 3.51. The molecule has 0 fully saturated rings. The lowest BCUT2D eigenvalue weighted by atomic mass is 10.1. The van der Waals surface area contributed by atoms with Gasteiger partial charge < -0.3 is 10.2 Å². The van der Waals surface area contributed by atoms with Crippen LogP contribution in [-0.4, -0.2) is 39.6 Å². The Hall–Kier alpha value is -2.96. The maximum Gasteiger partial charge on any atom is 0.224 e. The molecule has 1 amide bonds. The molecule has 0 aliphatic carbocycles. The third-order valence-corrected chi connectivity index (χ3v) is 4.37. The summed E-state index contributed by atoms with van der Waals surface area (Å²) >= 11 is 0. The van der Waals surface area contributed by atoms with Crippen molar-refractivity contribution in [3.8, 4) is 0 Å². The van der Waals surface area contributed by atoms with E-state index in [9.17, 15) is 4.79 Å². The second-order valence-corrected chi connectivity index (χ2v) is 6.63. The number of aryl methyl sites for hydroxylation is 3. The second-order valence-electron chi connectivity index (χ2n) is 6.63. The van der Waals surface area contributed by atoms with Gasteiger partial charge in [-0.3, -0.25) is 4.79 Å². The van der Waals surface area contributed by atoms with E-state index in [1.807, 2.05) is 62.5 Å². The van der Waals surface area contributed by atoms with Gasteiger partial charge in [-0.25, -0.2) is 14.5 Å². The maximum absolute atomic E-state index is 12.5. The summed E-state index contributed by atoms with van der Waals surface area (Å²) in [5, 5.41) is 7.44. The SMILES string of the molecule is Cc1cc2nc(C)c(CCC(=O)Nc3cccnc3N(C)C)c(C)n2n1. The van der Waals surface area contributed by atoms with Crippen LogP contribution in [0.1, 0.15) is 29.1 Å². The fraction of sp³-hybridized carbons (Fsp3) is 0.368. The standard InChI is InChI=1S/C19H24N6O/c1-12-11-17-21-13(2)15(14(3)25(17)23-12)8-9-18(26)22-16-7-6-10-20-19(16)24(4)5/h6-7,10-11H,8-9H2,1-5H3,(H,22,26). The molecular weight excluding hydrogens is 328 g/mol. The van der Waals surface area contributed by atoms with Crippen LogP contribution < -0.4 is 10.2 Å². The number of hydrogen-bond acceptors (Lipinski definition) is 5. The highest BCUT2D eigenvalue weighted by Gasteiger charge is 2.14. The van der Waals surface area contributed by atoms with Crippen molar-refractivity contribution in [2.24, 2.45) is 0 Å². The van der Waals surface area contributed by atoms with E-state index in [4.69, 9.17) is 0 Å². The molecule has 0 aromatic carbocycles. The minimum atomic E-state index is -0.0448. The smallest absolute Gasteiger partial charge is 0.224 e. The van der Waals surface area contributed by atoms with Crippen LogP contribution in [0, 0.1) is 20.8 Å². The van der Waals surface area contributed by atoms with E-state index >= 15 is 0 Å². The number of aromatic nitrogens is 4. The lowest BCUT2D eigenvalue weighted by Gasteiger charge is -2.16. The van der Waals surface area contributed by atoms with Crippen LogP contribution in [0.5, 0.6) is 0 Å². The van der Waals surface area contributed by atoms with Gasteiger partial charge in [-0.15, -0.1) is 0 Å². The van der Waals surface area contributed by atoms with E-state index in [2.05, 4.69) is 20.4 Å². The number of hydrogen-bond donors (Lipinski definition) is 1. The fourth-order valence-electron chi connectivity index (χ4n) is 3.11. The number of carbonyl (C=O) groups is 1. The van der Waals surface area contributed by atoms with Crippen molar-refractivity contribution in [3.63, 3.8) is 0 Å². The number of carbonyl (C=O) groups excluding carboxylic acids is 1. The minimum Gasteiger partial charge on any atom is -0.361 e. The Morgan fingerprint density at radius 1 is 1.27 bits per heavy atom. The Balaban J connectivity index is 1.75. The van der Waals surface area contributed by atoms with E-state index in [0.717, 1.165) is 34.1 Å². The molecule has 0 spiro atoms. The van der Waals surface area contributed by atoms with Crippen LogP contribution >= 0.6 is 0 Å². The largest absolute Gasteiger partial charge is 0.361 e. The maximum atomic E-state index is 12.5. The number of amides is 1. The highest BCUT2D eigenvalue weighted by atomic mass is 16.1. The van der Waals surface area contributed by atoms with Crippen molar-refractivity contribution < 1.29 is 4.79 Å². The Morgan fingerprint density at radius 3 is 2.77 bits per heavy atom. The van der Waals surface area contributed by atoms with Gasteiger partial charge in [-0.05, 0) is 44.9 Å². The zero-order chi connectivity index (χ0) is 18.8. The van der Waals surface area contributed by atoms with Crippen LogP contribution in [0.4, 0.5) is 11.5 Å². The second kappa shape index (κ2) is 7.11. The molecule has 3 rings (SSSR count). The highest BCUT2D eigenvalue weighted by molar-refractivity contribution is 5.93. The molecule has 0 atom stereocenters. The van der Waals surface area contributed by atoms with Gasteiger partial charge in [0, 0.05) is 44.2 Å². The molecule has 0 saturated heterocycles. The molecular formula is C19H24N6O. The van der Waals surface area contributed by atoms with Crippen molar-refractivity contribution in [1.29, 1.82) is 0 Å². The molecule has 0 unspecified atom stereocenters. The van der Waals surface area contributed by atoms with Crippen LogP contribution in [0.25, 0.3) is 5.65 Å². The van der Waals surface area contributed by atoms with Crippen molar-refractivity contribution >= 4 is 23.1 Å². The van der Waals surface area contributed by atoms with Crippen molar-refractivity contribution in [2.75, 3.05) is 24.3 Å². The third-order valence-electron chi connectivity index (χ3n) is 4.37. The first kappa shape index (κ1) is 17.8. The van der Waals surface area contributed by atoms with Gasteiger partial charge in [0.25, 0.3) is 0 Å². The molecule has 1 N–H and O–H groups in total. The van der Waals surface area contributed by atoms with Gasteiger partial charge >= 0.3 is 0 Å². The van der Waals surface area contributed by atoms with Crippen molar-refractivity contribution in [2.45, 2.75) is 33.6 Å². The van der Waals surface area contributed by atoms with Crippen molar-refractivity contribution in [3.05, 3.63) is 47.0 Å². The molecule has 26 heavy (non-hydrogen) atoms. The number of anilines is 2. The summed E-state index contributed by atoms with van der Waals surface area (Å²) in [7, 11) is 3.80. The quantitative estimate of drug-likeness (QED) is 0.764. The summed E-state index contributed by atoms with van der Waals surface area (Å²) in [4.78, 5) is 23.2. The van der Waals surface area contributed by atoms with Gasteiger partial charge in [-0.1, -0.05) is 0 Å². The summed E-state index contributed by atoms with van der Waals surface area (Å²) < 4.78 is 1.85. The van der Waals surface area contributed by atoms with Gasteiger partial charge in [0.05, 0.1) is 11.4 Å². The molecule has 0 saturated carbocycles. The summed E-state index contributed by atoms with van der Waals surface area (Å²) in [6.07, 6.45) is 2.70. The summed E-state index contributed by atoms with van der Waals surface area (Å²) in [5.41, 5.74) is 5.53. The van der Waals surface area contributed by atoms with Crippen LogP contribution in [0.15, 0.2) is 24.4 Å². The van der Waals surface area contributed by atoms with Crippen LogP contribution in [-0.2, 0) is 11.2 Å². The molecule has 3 heterocycles. The first-order chi connectivity index (χ1) is 12.4. The Bertz CT molecular complexity index is 960. The summed E-state index contributed by atoms with van der Waals surface area (Å²) in [6, 6.07) is 5.63. The zero-order valence-electron chi connectivity index (χ0n) is 15.9.